The Labute approximate surface area is 287 Å². The maximum absolute atomic E-state index is 13.0. The number of amides is 1. The molecule has 0 fully saturated rings. The predicted molar refractivity (Wildman–Crippen MR) is 188 cm³/mol. The number of fused-ring (bicyclic) bond motifs is 1. The first-order valence-electron chi connectivity index (χ1n) is 15.9. The highest BCUT2D eigenvalue weighted by Gasteiger charge is 2.21. The van der Waals surface area contributed by atoms with Gasteiger partial charge < -0.3 is 19.5 Å². The first-order valence-corrected chi connectivity index (χ1v) is 16.2. The van der Waals surface area contributed by atoms with Crippen molar-refractivity contribution in [2.75, 3.05) is 27.8 Å². The van der Waals surface area contributed by atoms with Crippen LogP contribution in [0, 0.1) is 6.92 Å². The minimum absolute atomic E-state index is 0.0926. The fourth-order valence-electron chi connectivity index (χ4n) is 4.57. The van der Waals surface area contributed by atoms with E-state index in [4.69, 9.17) is 21.1 Å². The van der Waals surface area contributed by atoms with Crippen LogP contribution in [0.1, 0.15) is 84.3 Å². The van der Waals surface area contributed by atoms with Crippen molar-refractivity contribution in [1.82, 2.24) is 14.5 Å². The maximum atomic E-state index is 13.0. The highest BCUT2D eigenvalue weighted by molar-refractivity contribution is 6.30. The molecule has 0 saturated heterocycles. The number of hydrogen-bond acceptors (Lipinski definition) is 7. The van der Waals surface area contributed by atoms with Crippen molar-refractivity contribution in [2.45, 2.75) is 65.7 Å². The fourth-order valence-corrected chi connectivity index (χ4v) is 4.69. The van der Waals surface area contributed by atoms with Crippen LogP contribution in [0.25, 0.3) is 10.9 Å². The number of benzene rings is 2. The minimum Gasteiger partial charge on any atom is -0.497 e. The Bertz CT molecular complexity index is 1630. The Morgan fingerprint density at radius 1 is 0.896 bits per heavy atom. The third-order valence-electron chi connectivity index (χ3n) is 7.44. The number of methoxy groups -OCH3 is 1. The number of pyridine rings is 1. The van der Waals surface area contributed by atoms with E-state index in [2.05, 4.69) is 11.9 Å². The molecule has 0 atom stereocenters. The molecule has 11 heteroatoms. The van der Waals surface area contributed by atoms with Crippen LogP contribution in [-0.2, 0) is 20.7 Å². The number of carboxylic acid groups (broad SMARTS) is 1. The van der Waals surface area contributed by atoms with Crippen LogP contribution >= 0.6 is 11.6 Å². The second-order valence-corrected chi connectivity index (χ2v) is 11.7. The van der Waals surface area contributed by atoms with E-state index in [9.17, 15) is 24.3 Å². The number of aromatic nitrogens is 2. The summed E-state index contributed by atoms with van der Waals surface area (Å²) in [6.45, 7) is 6.00. The van der Waals surface area contributed by atoms with E-state index in [0.29, 0.717) is 50.7 Å². The number of aliphatic carboxylic acids is 1. The number of carbonyl (C=O) groups excluding carboxylic acids is 3. The molecular weight excluding hydrogens is 634 g/mol. The van der Waals surface area contributed by atoms with Crippen molar-refractivity contribution >= 4 is 46.3 Å². The molecular formula is C37H46ClN3O7. The zero-order chi connectivity index (χ0) is 35.6. The summed E-state index contributed by atoms with van der Waals surface area (Å²) in [5, 5.41) is 10.5. The summed E-state index contributed by atoms with van der Waals surface area (Å²) in [6.07, 6.45) is 10.2. The molecule has 48 heavy (non-hydrogen) atoms. The van der Waals surface area contributed by atoms with Gasteiger partial charge in [0.1, 0.15) is 5.75 Å². The van der Waals surface area contributed by atoms with Gasteiger partial charge >= 0.3 is 11.9 Å². The monoisotopic (exact) mass is 679 g/mol. The number of unbranched alkanes of at least 4 members (excludes halogenated alkanes) is 5. The Morgan fingerprint density at radius 2 is 1.50 bits per heavy atom. The van der Waals surface area contributed by atoms with Gasteiger partial charge in [-0.15, -0.1) is 0 Å². The van der Waals surface area contributed by atoms with E-state index in [1.807, 2.05) is 0 Å². The van der Waals surface area contributed by atoms with Gasteiger partial charge in [0.25, 0.3) is 5.91 Å². The summed E-state index contributed by atoms with van der Waals surface area (Å²) in [6, 6.07) is 15.2. The third kappa shape index (κ3) is 12.5. The molecule has 0 bridgehead atoms. The van der Waals surface area contributed by atoms with E-state index < -0.39 is 5.97 Å². The van der Waals surface area contributed by atoms with Crippen molar-refractivity contribution in [1.29, 1.82) is 0 Å². The van der Waals surface area contributed by atoms with Crippen LogP contribution in [0.3, 0.4) is 0 Å². The standard InChI is InChI=1S/C19H16ClNO4.C14H21NO2.C4H9NO/c1-11-15(10-18(22)23)16-9-14(25-2)7-8-17(16)21(11)19(24)12-3-5-13(20)6-4-12;1-2-3-4-5-6-7-12-17-14(16)13-8-10-15-11-9-13;1-4(6)5(2)3/h3-9H,10H2,1-2H3,(H,22,23);8-11H,2-7,12H2,1H3;1-3H3. The van der Waals surface area contributed by atoms with Gasteiger partial charge in [0, 0.05) is 55.1 Å². The third-order valence-corrected chi connectivity index (χ3v) is 7.69. The summed E-state index contributed by atoms with van der Waals surface area (Å²) in [7, 11) is 4.99. The quantitative estimate of drug-likeness (QED) is 0.120. The molecule has 1 amide bonds. The lowest BCUT2D eigenvalue weighted by Gasteiger charge is -2.08. The molecule has 0 aliphatic heterocycles. The normalized spacial score (nSPS) is 10.2. The first kappa shape index (κ1) is 39.5. The number of hydrogen-bond donors (Lipinski definition) is 1. The largest absolute Gasteiger partial charge is 0.497 e. The van der Waals surface area contributed by atoms with E-state index in [-0.39, 0.29) is 24.2 Å². The minimum atomic E-state index is -0.955. The van der Waals surface area contributed by atoms with E-state index >= 15 is 0 Å². The summed E-state index contributed by atoms with van der Waals surface area (Å²) < 4.78 is 11.9. The second-order valence-electron chi connectivity index (χ2n) is 11.2. The smallest absolute Gasteiger partial charge is 0.338 e. The molecule has 0 unspecified atom stereocenters. The molecule has 0 spiro atoms. The van der Waals surface area contributed by atoms with Gasteiger partial charge in [-0.05, 0) is 73.5 Å². The zero-order valence-corrected chi connectivity index (χ0v) is 29.4. The molecule has 4 rings (SSSR count). The highest BCUT2D eigenvalue weighted by atomic mass is 35.5. The molecule has 0 aliphatic carbocycles. The van der Waals surface area contributed by atoms with Gasteiger partial charge in [-0.1, -0.05) is 50.6 Å². The van der Waals surface area contributed by atoms with Gasteiger partial charge in [-0.25, -0.2) is 4.79 Å². The Hall–Kier alpha value is -4.70. The van der Waals surface area contributed by atoms with Gasteiger partial charge in [0.05, 0.1) is 31.2 Å². The topological polar surface area (TPSA) is 128 Å². The average Bonchev–Trinajstić information content (AvgIpc) is 3.34. The van der Waals surface area contributed by atoms with Crippen LogP contribution in [-0.4, -0.2) is 71.1 Å². The number of carbonyl (C=O) groups is 4. The van der Waals surface area contributed by atoms with Crippen LogP contribution in [0.4, 0.5) is 0 Å². The number of ether oxygens (including phenoxy) is 2. The summed E-state index contributed by atoms with van der Waals surface area (Å²) >= 11 is 5.89. The molecule has 2 aromatic carbocycles. The lowest BCUT2D eigenvalue weighted by molar-refractivity contribution is -0.136. The fraction of sp³-hybridized carbons (Fsp3) is 0.378. The maximum Gasteiger partial charge on any atom is 0.338 e. The Kier molecular flexibility index (Phi) is 16.9. The second kappa shape index (κ2) is 20.5. The summed E-state index contributed by atoms with van der Waals surface area (Å²) in [5.41, 5.74) is 2.90. The van der Waals surface area contributed by atoms with Crippen LogP contribution < -0.4 is 4.74 Å². The summed E-state index contributed by atoms with van der Waals surface area (Å²) in [4.78, 5) is 51.2. The van der Waals surface area contributed by atoms with Crippen LogP contribution in [0.15, 0.2) is 67.0 Å². The van der Waals surface area contributed by atoms with Crippen molar-refractivity contribution in [3.63, 3.8) is 0 Å². The number of halogens is 1. The van der Waals surface area contributed by atoms with Gasteiger partial charge in [0.15, 0.2) is 0 Å². The molecule has 2 heterocycles. The zero-order valence-electron chi connectivity index (χ0n) is 28.6. The number of esters is 1. The Balaban J connectivity index is 0.000000301. The first-order chi connectivity index (χ1) is 22.9. The van der Waals surface area contributed by atoms with E-state index in [1.54, 1.807) is 95.1 Å². The van der Waals surface area contributed by atoms with Gasteiger partial charge in [-0.3, -0.25) is 23.9 Å². The average molecular weight is 680 g/mol. The van der Waals surface area contributed by atoms with E-state index in [1.165, 1.54) is 42.1 Å². The lowest BCUT2D eigenvalue weighted by atomic mass is 10.1. The lowest BCUT2D eigenvalue weighted by Crippen LogP contribution is -2.17. The van der Waals surface area contributed by atoms with Crippen molar-refractivity contribution < 1.29 is 33.8 Å². The number of nitrogens with zero attached hydrogens (tertiary/aromatic N) is 3. The number of rotatable bonds is 12. The highest BCUT2D eigenvalue weighted by Crippen LogP contribution is 2.30. The molecule has 10 nitrogen and oxygen atoms in total. The summed E-state index contributed by atoms with van der Waals surface area (Å²) in [5.74, 6) is -0.740. The molecule has 258 valence electrons. The SMILES string of the molecule is CC(=O)N(C)C.CCCCCCCCOC(=O)c1ccncc1.COc1ccc2c(c1)c(CC(=O)O)c(C)n2C(=O)c1ccc(Cl)cc1. The van der Waals surface area contributed by atoms with Crippen molar-refractivity contribution in [2.24, 2.45) is 0 Å². The predicted octanol–water partition coefficient (Wildman–Crippen LogP) is 7.62. The Morgan fingerprint density at radius 3 is 2.06 bits per heavy atom. The molecule has 0 saturated carbocycles. The molecule has 4 aromatic rings. The molecule has 0 radical (unpaired) electrons. The number of carboxylic acids is 1. The van der Waals surface area contributed by atoms with Crippen molar-refractivity contribution in [3.8, 4) is 5.75 Å². The van der Waals surface area contributed by atoms with Gasteiger partial charge in [-0.2, -0.15) is 0 Å². The van der Waals surface area contributed by atoms with Crippen LogP contribution in [0.5, 0.6) is 5.75 Å². The molecule has 0 aliphatic rings. The molecule has 1 N–H and O–H groups in total. The van der Waals surface area contributed by atoms with Gasteiger partial charge in [0.2, 0.25) is 5.91 Å². The molecule has 2 aromatic heterocycles. The van der Waals surface area contributed by atoms with Crippen LogP contribution in [0.2, 0.25) is 5.02 Å². The van der Waals surface area contributed by atoms with E-state index in [0.717, 1.165) is 12.8 Å². The van der Waals surface area contributed by atoms with Crippen molar-refractivity contribution in [3.05, 3.63) is 94.4 Å².